The summed E-state index contributed by atoms with van der Waals surface area (Å²) in [5.41, 5.74) is 1.26. The minimum absolute atomic E-state index is 0.118. The van der Waals surface area contributed by atoms with Crippen molar-refractivity contribution in [2.45, 2.75) is 44.7 Å². The molecule has 2 aliphatic carbocycles. The first-order valence-electron chi connectivity index (χ1n) is 8.02. The largest absolute Gasteiger partial charge is 0.337 e. The Hall–Kier alpha value is -1.69. The average Bonchev–Trinajstić information content (AvgIpc) is 3.41. The number of hydrogen-bond acceptors (Lipinski definition) is 4. The fraction of sp³-hybridized carbons (Fsp3) is 0.562. The molecule has 0 unspecified atom stereocenters. The molecule has 0 bridgehead atoms. The first-order valence-corrected chi connectivity index (χ1v) is 8.84. The lowest BCUT2D eigenvalue weighted by Gasteiger charge is -2.27. The lowest BCUT2D eigenvalue weighted by Crippen LogP contribution is -2.36. The van der Waals surface area contributed by atoms with Crippen LogP contribution in [0.1, 0.15) is 42.2 Å². The van der Waals surface area contributed by atoms with Gasteiger partial charge in [-0.05, 0) is 37.7 Å². The lowest BCUT2D eigenvalue weighted by molar-refractivity contribution is -0.133. The van der Waals surface area contributed by atoms with E-state index in [1.54, 1.807) is 22.2 Å². The number of nitrogens with zero attached hydrogens (tertiary/aromatic N) is 3. The number of thiophene rings is 1. The van der Waals surface area contributed by atoms with Gasteiger partial charge in [0.15, 0.2) is 0 Å². The van der Waals surface area contributed by atoms with E-state index in [2.05, 4.69) is 4.98 Å². The van der Waals surface area contributed by atoms with Crippen LogP contribution in [0.2, 0.25) is 0 Å². The van der Waals surface area contributed by atoms with Crippen LogP contribution in [0, 0.1) is 5.92 Å². The zero-order valence-corrected chi connectivity index (χ0v) is 13.1. The molecule has 114 valence electrons. The van der Waals surface area contributed by atoms with Crippen LogP contribution in [-0.2, 0) is 17.8 Å². The first-order chi connectivity index (χ1) is 10.7. The van der Waals surface area contributed by atoms with Gasteiger partial charge in [-0.2, -0.15) is 0 Å². The summed E-state index contributed by atoms with van der Waals surface area (Å²) in [5, 5.41) is 0.813. The Kier molecular flexibility index (Phi) is 2.57. The molecule has 0 aromatic carbocycles. The predicted octanol–water partition coefficient (Wildman–Crippen LogP) is 2.09. The number of aromatic nitrogens is 2. The van der Waals surface area contributed by atoms with Crippen LogP contribution in [0.4, 0.5) is 0 Å². The molecule has 1 amide bonds. The minimum Gasteiger partial charge on any atom is -0.337 e. The van der Waals surface area contributed by atoms with Crippen LogP contribution in [0.3, 0.4) is 0 Å². The molecule has 6 heteroatoms. The zero-order chi connectivity index (χ0) is 14.8. The maximum Gasteiger partial charge on any atom is 0.262 e. The Labute approximate surface area is 131 Å². The molecule has 3 aliphatic rings. The molecule has 0 radical (unpaired) electrons. The van der Waals surface area contributed by atoms with E-state index >= 15 is 0 Å². The molecule has 0 N–H and O–H groups in total. The van der Waals surface area contributed by atoms with Gasteiger partial charge in [-0.15, -0.1) is 11.3 Å². The van der Waals surface area contributed by atoms with Gasteiger partial charge in [0, 0.05) is 23.4 Å². The summed E-state index contributed by atoms with van der Waals surface area (Å²) in [6.45, 7) is 1.40. The highest BCUT2D eigenvalue weighted by atomic mass is 32.1. The maximum absolute atomic E-state index is 12.7. The quantitative estimate of drug-likeness (QED) is 0.852. The van der Waals surface area contributed by atoms with Gasteiger partial charge in [0.1, 0.15) is 4.83 Å². The summed E-state index contributed by atoms with van der Waals surface area (Å²) in [6, 6.07) is 0.358. The second-order valence-corrected chi connectivity index (χ2v) is 7.74. The Morgan fingerprint density at radius 3 is 2.82 bits per heavy atom. The Morgan fingerprint density at radius 2 is 2.09 bits per heavy atom. The summed E-state index contributed by atoms with van der Waals surface area (Å²) < 4.78 is 1.80. The molecular weight excluding hydrogens is 298 g/mol. The van der Waals surface area contributed by atoms with Crippen molar-refractivity contribution in [1.29, 1.82) is 0 Å². The van der Waals surface area contributed by atoms with Crippen LogP contribution in [-0.4, -0.2) is 26.9 Å². The zero-order valence-electron chi connectivity index (χ0n) is 12.2. The molecule has 22 heavy (non-hydrogen) atoms. The van der Waals surface area contributed by atoms with Gasteiger partial charge in [-0.3, -0.25) is 14.2 Å². The Morgan fingerprint density at radius 1 is 1.27 bits per heavy atom. The molecule has 2 aromatic rings. The van der Waals surface area contributed by atoms with E-state index in [1.807, 2.05) is 4.90 Å². The molecule has 3 heterocycles. The monoisotopic (exact) mass is 315 g/mol. The van der Waals surface area contributed by atoms with Gasteiger partial charge >= 0.3 is 0 Å². The summed E-state index contributed by atoms with van der Waals surface area (Å²) in [7, 11) is 0. The molecule has 5 rings (SSSR count). The average molecular weight is 315 g/mol. The van der Waals surface area contributed by atoms with Gasteiger partial charge in [-0.25, -0.2) is 4.98 Å². The third-order valence-electron chi connectivity index (χ3n) is 4.96. The van der Waals surface area contributed by atoms with Crippen LogP contribution < -0.4 is 5.56 Å². The van der Waals surface area contributed by atoms with Gasteiger partial charge in [-0.1, -0.05) is 0 Å². The fourth-order valence-electron chi connectivity index (χ4n) is 3.39. The number of carbonyl (C=O) groups is 1. The lowest BCUT2D eigenvalue weighted by atomic mass is 10.0. The number of amides is 1. The van der Waals surface area contributed by atoms with E-state index in [0.29, 0.717) is 18.5 Å². The van der Waals surface area contributed by atoms with Gasteiger partial charge < -0.3 is 4.90 Å². The standard InChI is InChI=1S/C16H17N3O2S/c20-15(9-1-2-9)18-6-5-11-12(7-18)22-14-13(11)16(21)19(8-17-14)10-3-4-10/h8-10H,1-7H2. The van der Waals surface area contributed by atoms with Crippen LogP contribution in [0.15, 0.2) is 11.1 Å². The van der Waals surface area contributed by atoms with Crippen molar-refractivity contribution in [1.82, 2.24) is 14.5 Å². The van der Waals surface area contributed by atoms with E-state index in [-0.39, 0.29) is 11.5 Å². The van der Waals surface area contributed by atoms with Crippen molar-refractivity contribution in [3.8, 4) is 0 Å². The molecule has 5 nitrogen and oxygen atoms in total. The summed E-state index contributed by atoms with van der Waals surface area (Å²) in [4.78, 5) is 33.5. The normalized spacial score (nSPS) is 21.2. The van der Waals surface area contributed by atoms with Crippen molar-refractivity contribution in [3.63, 3.8) is 0 Å². The predicted molar refractivity (Wildman–Crippen MR) is 84.0 cm³/mol. The van der Waals surface area contributed by atoms with Crippen molar-refractivity contribution in [2.24, 2.45) is 5.92 Å². The topological polar surface area (TPSA) is 55.2 Å². The van der Waals surface area contributed by atoms with E-state index in [9.17, 15) is 9.59 Å². The van der Waals surface area contributed by atoms with Crippen molar-refractivity contribution < 1.29 is 4.79 Å². The minimum atomic E-state index is 0.118. The smallest absolute Gasteiger partial charge is 0.262 e. The Balaban J connectivity index is 1.57. The SMILES string of the molecule is O=C(C1CC1)N1CCc2c(sc3ncn(C4CC4)c(=O)c23)C1. The fourth-order valence-corrected chi connectivity index (χ4v) is 4.58. The number of rotatable bonds is 2. The van der Waals surface area contributed by atoms with E-state index < -0.39 is 0 Å². The van der Waals surface area contributed by atoms with Crippen LogP contribution >= 0.6 is 11.3 Å². The second kappa shape index (κ2) is 4.41. The van der Waals surface area contributed by atoms with Gasteiger partial charge in [0.2, 0.25) is 5.91 Å². The maximum atomic E-state index is 12.7. The van der Waals surface area contributed by atoms with Gasteiger partial charge in [0.05, 0.1) is 18.3 Å². The molecule has 1 aliphatic heterocycles. The van der Waals surface area contributed by atoms with E-state index in [1.165, 1.54) is 0 Å². The Bertz CT molecular complexity index is 845. The highest BCUT2D eigenvalue weighted by molar-refractivity contribution is 7.18. The van der Waals surface area contributed by atoms with Crippen molar-refractivity contribution >= 4 is 27.5 Å². The molecule has 2 fully saturated rings. The van der Waals surface area contributed by atoms with Crippen molar-refractivity contribution in [3.05, 3.63) is 27.1 Å². The molecule has 0 spiro atoms. The molecule has 0 saturated heterocycles. The summed E-state index contributed by atoms with van der Waals surface area (Å²) in [6.07, 6.45) is 6.76. The molecule has 0 atom stereocenters. The number of carbonyl (C=O) groups excluding carboxylic acids is 1. The van der Waals surface area contributed by atoms with Crippen molar-refractivity contribution in [2.75, 3.05) is 6.54 Å². The van der Waals surface area contributed by atoms with E-state index in [0.717, 1.165) is 59.3 Å². The molecule has 2 aromatic heterocycles. The highest BCUT2D eigenvalue weighted by Gasteiger charge is 2.36. The van der Waals surface area contributed by atoms with Crippen LogP contribution in [0.5, 0.6) is 0 Å². The van der Waals surface area contributed by atoms with E-state index in [4.69, 9.17) is 0 Å². The van der Waals surface area contributed by atoms with Crippen LogP contribution in [0.25, 0.3) is 10.2 Å². The molecular formula is C16H17N3O2S. The summed E-state index contributed by atoms with van der Waals surface area (Å²) >= 11 is 1.59. The summed E-state index contributed by atoms with van der Waals surface area (Å²) in [5.74, 6) is 0.563. The third kappa shape index (κ3) is 1.86. The number of fused-ring (bicyclic) bond motifs is 3. The second-order valence-electron chi connectivity index (χ2n) is 6.66. The highest BCUT2D eigenvalue weighted by Crippen LogP contribution is 2.37. The first kappa shape index (κ1) is 12.8. The van der Waals surface area contributed by atoms with Gasteiger partial charge in [0.25, 0.3) is 5.56 Å². The third-order valence-corrected chi connectivity index (χ3v) is 6.09. The number of hydrogen-bond donors (Lipinski definition) is 0. The molecule has 2 saturated carbocycles.